The summed E-state index contributed by atoms with van der Waals surface area (Å²) in [4.78, 5) is 1.61. The first-order chi connectivity index (χ1) is 9.74. The summed E-state index contributed by atoms with van der Waals surface area (Å²) in [5.74, 6) is 0.893. The first kappa shape index (κ1) is 15.1. The summed E-state index contributed by atoms with van der Waals surface area (Å²) < 4.78 is 1.30. The Balaban J connectivity index is 1.65. The molecule has 2 aliphatic carbocycles. The van der Waals surface area contributed by atoms with E-state index in [-0.39, 0.29) is 0 Å². The standard InChI is InChI=1S/C17H26BrNS/c1-12(13-7-4-2-3-5-8-13)19-15-9-6-10-16-14(15)11-17(18)20-16/h11-13,15,19H,2-10H2,1H3/t12-,15?/m0/s1. The largest absolute Gasteiger partial charge is 0.307 e. The Kier molecular flexibility index (Phi) is 5.22. The fourth-order valence-electron chi connectivity index (χ4n) is 3.96. The number of fused-ring (bicyclic) bond motifs is 1. The van der Waals surface area contributed by atoms with Crippen LogP contribution in [-0.2, 0) is 6.42 Å². The van der Waals surface area contributed by atoms with Crippen molar-refractivity contribution in [2.45, 2.75) is 76.8 Å². The van der Waals surface area contributed by atoms with Crippen LogP contribution in [0.15, 0.2) is 9.85 Å². The second-order valence-corrected chi connectivity index (χ2v) is 9.10. The molecule has 2 atom stereocenters. The molecule has 20 heavy (non-hydrogen) atoms. The number of hydrogen-bond acceptors (Lipinski definition) is 2. The van der Waals surface area contributed by atoms with Gasteiger partial charge >= 0.3 is 0 Å². The van der Waals surface area contributed by atoms with E-state index >= 15 is 0 Å². The van der Waals surface area contributed by atoms with Gasteiger partial charge in [-0.05, 0) is 72.5 Å². The molecule has 0 aromatic carbocycles. The van der Waals surface area contributed by atoms with Gasteiger partial charge < -0.3 is 5.32 Å². The third-order valence-corrected chi connectivity index (χ3v) is 6.87. The van der Waals surface area contributed by atoms with Gasteiger partial charge in [-0.1, -0.05) is 25.7 Å². The smallest absolute Gasteiger partial charge is 0.0704 e. The molecule has 0 saturated heterocycles. The van der Waals surface area contributed by atoms with Gasteiger partial charge in [0.15, 0.2) is 0 Å². The Morgan fingerprint density at radius 3 is 2.65 bits per heavy atom. The van der Waals surface area contributed by atoms with Gasteiger partial charge in [0.2, 0.25) is 0 Å². The zero-order valence-corrected chi connectivity index (χ0v) is 14.9. The maximum atomic E-state index is 3.97. The highest BCUT2D eigenvalue weighted by Crippen LogP contribution is 2.38. The molecule has 1 aromatic rings. The summed E-state index contributed by atoms with van der Waals surface area (Å²) in [7, 11) is 0. The second kappa shape index (κ2) is 6.93. The number of thiophene rings is 1. The highest BCUT2D eigenvalue weighted by Gasteiger charge is 2.26. The Hall–Kier alpha value is 0.140. The maximum Gasteiger partial charge on any atom is 0.0704 e. The van der Waals surface area contributed by atoms with Crippen LogP contribution in [0.2, 0.25) is 0 Å². The van der Waals surface area contributed by atoms with E-state index in [0.29, 0.717) is 12.1 Å². The van der Waals surface area contributed by atoms with Crippen molar-refractivity contribution in [2.24, 2.45) is 5.92 Å². The number of aryl methyl sites for hydroxylation is 1. The molecule has 0 amide bonds. The Morgan fingerprint density at radius 1 is 1.15 bits per heavy atom. The maximum absolute atomic E-state index is 3.97. The lowest BCUT2D eigenvalue weighted by molar-refractivity contribution is 0.297. The molecule has 1 aromatic heterocycles. The molecule has 1 N–H and O–H groups in total. The van der Waals surface area contributed by atoms with Crippen LogP contribution in [0.4, 0.5) is 0 Å². The molecule has 0 aliphatic heterocycles. The minimum absolute atomic E-state index is 0.597. The topological polar surface area (TPSA) is 12.0 Å². The summed E-state index contributed by atoms with van der Waals surface area (Å²) in [6.45, 7) is 2.42. The molecule has 0 bridgehead atoms. The number of nitrogens with one attached hydrogen (secondary N) is 1. The highest BCUT2D eigenvalue weighted by molar-refractivity contribution is 9.11. The third kappa shape index (κ3) is 3.48. The molecule has 112 valence electrons. The summed E-state index contributed by atoms with van der Waals surface area (Å²) in [5, 5.41) is 3.97. The van der Waals surface area contributed by atoms with Gasteiger partial charge in [0.1, 0.15) is 0 Å². The van der Waals surface area contributed by atoms with Gasteiger partial charge in [0.05, 0.1) is 3.79 Å². The fraction of sp³-hybridized carbons (Fsp3) is 0.765. The van der Waals surface area contributed by atoms with Crippen molar-refractivity contribution in [1.29, 1.82) is 0 Å². The van der Waals surface area contributed by atoms with E-state index < -0.39 is 0 Å². The van der Waals surface area contributed by atoms with Crippen molar-refractivity contribution in [2.75, 3.05) is 0 Å². The highest BCUT2D eigenvalue weighted by atomic mass is 79.9. The molecule has 1 nitrogen and oxygen atoms in total. The lowest BCUT2D eigenvalue weighted by atomic mass is 9.89. The fourth-order valence-corrected chi connectivity index (χ4v) is 5.78. The minimum Gasteiger partial charge on any atom is -0.307 e. The summed E-state index contributed by atoms with van der Waals surface area (Å²) in [6, 6.07) is 3.62. The van der Waals surface area contributed by atoms with Gasteiger partial charge in [0.25, 0.3) is 0 Å². The number of hydrogen-bond donors (Lipinski definition) is 1. The van der Waals surface area contributed by atoms with Gasteiger partial charge in [-0.15, -0.1) is 11.3 Å². The van der Waals surface area contributed by atoms with E-state index in [0.717, 1.165) is 5.92 Å². The van der Waals surface area contributed by atoms with Crippen molar-refractivity contribution in [3.8, 4) is 0 Å². The van der Waals surface area contributed by atoms with Crippen molar-refractivity contribution in [1.82, 2.24) is 5.32 Å². The molecule has 3 heteroatoms. The average Bonchev–Trinajstić information content (AvgIpc) is 2.64. The molecular formula is C17H26BrNS. The van der Waals surface area contributed by atoms with Crippen molar-refractivity contribution in [3.63, 3.8) is 0 Å². The van der Waals surface area contributed by atoms with E-state index in [1.807, 2.05) is 11.3 Å². The molecule has 1 heterocycles. The van der Waals surface area contributed by atoms with E-state index in [1.165, 1.54) is 61.6 Å². The van der Waals surface area contributed by atoms with Crippen LogP contribution in [0, 0.1) is 5.92 Å². The molecular weight excluding hydrogens is 330 g/mol. The quantitative estimate of drug-likeness (QED) is 0.671. The second-order valence-electron chi connectivity index (χ2n) is 6.58. The van der Waals surface area contributed by atoms with E-state index in [4.69, 9.17) is 0 Å². The van der Waals surface area contributed by atoms with E-state index in [1.54, 1.807) is 10.4 Å². The predicted octanol–water partition coefficient (Wildman–Crippen LogP) is 5.84. The van der Waals surface area contributed by atoms with E-state index in [9.17, 15) is 0 Å². The molecule has 0 spiro atoms. The van der Waals surface area contributed by atoms with Gasteiger partial charge in [-0.3, -0.25) is 0 Å². The zero-order chi connectivity index (χ0) is 13.9. The summed E-state index contributed by atoms with van der Waals surface area (Å²) in [6.07, 6.45) is 12.6. The van der Waals surface area contributed by atoms with Crippen LogP contribution in [0.3, 0.4) is 0 Å². The molecule has 1 fully saturated rings. The molecule has 2 aliphatic rings. The van der Waals surface area contributed by atoms with Crippen molar-refractivity contribution < 1.29 is 0 Å². The van der Waals surface area contributed by atoms with Gasteiger partial charge in [-0.2, -0.15) is 0 Å². The molecule has 1 unspecified atom stereocenters. The first-order valence-corrected chi connectivity index (χ1v) is 9.89. The normalized spacial score (nSPS) is 26.0. The Labute approximate surface area is 135 Å². The lowest BCUT2D eigenvalue weighted by Crippen LogP contribution is -2.37. The number of rotatable bonds is 3. The first-order valence-electron chi connectivity index (χ1n) is 8.28. The Bertz CT molecular complexity index is 434. The monoisotopic (exact) mass is 355 g/mol. The third-order valence-electron chi connectivity index (χ3n) is 5.15. The van der Waals surface area contributed by atoms with Crippen LogP contribution in [0.5, 0.6) is 0 Å². The van der Waals surface area contributed by atoms with Crippen LogP contribution < -0.4 is 5.32 Å². The number of halogens is 1. The molecule has 0 radical (unpaired) electrons. The lowest BCUT2D eigenvalue weighted by Gasteiger charge is -2.31. The van der Waals surface area contributed by atoms with Crippen molar-refractivity contribution >= 4 is 27.3 Å². The average molecular weight is 356 g/mol. The Morgan fingerprint density at radius 2 is 1.90 bits per heavy atom. The van der Waals surface area contributed by atoms with E-state index in [2.05, 4.69) is 34.2 Å². The summed E-state index contributed by atoms with van der Waals surface area (Å²) in [5.41, 5.74) is 1.58. The van der Waals surface area contributed by atoms with Gasteiger partial charge in [0, 0.05) is 17.0 Å². The summed E-state index contributed by atoms with van der Waals surface area (Å²) >= 11 is 5.60. The predicted molar refractivity (Wildman–Crippen MR) is 91.5 cm³/mol. The zero-order valence-electron chi connectivity index (χ0n) is 12.5. The van der Waals surface area contributed by atoms with Gasteiger partial charge in [-0.25, -0.2) is 0 Å². The molecule has 1 saturated carbocycles. The van der Waals surface area contributed by atoms with Crippen LogP contribution in [0.1, 0.15) is 74.8 Å². The molecule has 3 rings (SSSR count). The minimum atomic E-state index is 0.597. The van der Waals surface area contributed by atoms with Crippen molar-refractivity contribution in [3.05, 3.63) is 20.3 Å². The van der Waals surface area contributed by atoms with Crippen LogP contribution in [-0.4, -0.2) is 6.04 Å². The van der Waals surface area contributed by atoms with Crippen LogP contribution >= 0.6 is 27.3 Å². The van der Waals surface area contributed by atoms with Crippen LogP contribution in [0.25, 0.3) is 0 Å². The SMILES string of the molecule is C[C@H](NC1CCCc2sc(Br)cc21)C1CCCCCC1.